The Kier molecular flexibility index (Phi) is 3.07. The van der Waals surface area contributed by atoms with Crippen LogP contribution in [0.3, 0.4) is 0 Å². The second-order valence-electron chi connectivity index (χ2n) is 4.88. The van der Waals surface area contributed by atoms with Gasteiger partial charge in [0.05, 0.1) is 17.1 Å². The molecule has 0 radical (unpaired) electrons. The van der Waals surface area contributed by atoms with Gasteiger partial charge in [-0.15, -0.1) is 0 Å². The van der Waals surface area contributed by atoms with Gasteiger partial charge in [0.2, 0.25) is 0 Å². The van der Waals surface area contributed by atoms with Crippen molar-refractivity contribution < 1.29 is 0 Å². The fourth-order valence-corrected chi connectivity index (χ4v) is 1.82. The summed E-state index contributed by atoms with van der Waals surface area (Å²) in [6.07, 6.45) is 0. The van der Waals surface area contributed by atoms with Gasteiger partial charge in [0, 0.05) is 17.7 Å². The number of nitrogen functional groups attached to an aromatic ring is 1. The smallest absolute Gasteiger partial charge is 0.157 e. The molecule has 2 rings (SSSR count). The fraction of sp³-hybridized carbons (Fsp3) is 0.462. The summed E-state index contributed by atoms with van der Waals surface area (Å²) < 4.78 is 1.78. The zero-order valence-corrected chi connectivity index (χ0v) is 11.5. The standard InChI is InChI=1S/C13H19N5/c1-7(2)13-15-8(3)6-11(16-13)18-10(5)12(14)9(4)17-18/h6-7H,14H2,1-5H3. The van der Waals surface area contributed by atoms with Crippen LogP contribution in [0.5, 0.6) is 0 Å². The van der Waals surface area contributed by atoms with Crippen molar-refractivity contribution >= 4 is 5.69 Å². The Hall–Kier alpha value is -1.91. The minimum absolute atomic E-state index is 0.290. The molecule has 18 heavy (non-hydrogen) atoms. The van der Waals surface area contributed by atoms with E-state index in [1.807, 2.05) is 26.8 Å². The van der Waals surface area contributed by atoms with Gasteiger partial charge < -0.3 is 5.73 Å². The molecule has 0 saturated heterocycles. The van der Waals surface area contributed by atoms with Gasteiger partial charge in [-0.1, -0.05) is 13.8 Å². The second kappa shape index (κ2) is 4.40. The number of hydrogen-bond donors (Lipinski definition) is 1. The van der Waals surface area contributed by atoms with Gasteiger partial charge in [0.25, 0.3) is 0 Å². The van der Waals surface area contributed by atoms with Crippen LogP contribution < -0.4 is 5.73 Å². The molecule has 0 saturated carbocycles. The highest BCUT2D eigenvalue weighted by atomic mass is 15.3. The maximum absolute atomic E-state index is 5.95. The molecule has 0 bridgehead atoms. The van der Waals surface area contributed by atoms with Gasteiger partial charge in [-0.25, -0.2) is 14.6 Å². The molecule has 5 nitrogen and oxygen atoms in total. The van der Waals surface area contributed by atoms with Crippen LogP contribution in [0.15, 0.2) is 6.07 Å². The molecule has 0 spiro atoms. The van der Waals surface area contributed by atoms with Gasteiger partial charge in [-0.3, -0.25) is 0 Å². The summed E-state index contributed by atoms with van der Waals surface area (Å²) in [5.41, 5.74) is 9.35. The first-order chi connectivity index (χ1) is 8.40. The van der Waals surface area contributed by atoms with Crippen molar-refractivity contribution in [2.45, 2.75) is 40.5 Å². The van der Waals surface area contributed by atoms with Crippen molar-refractivity contribution in [1.29, 1.82) is 0 Å². The number of anilines is 1. The van der Waals surface area contributed by atoms with Crippen LogP contribution in [0.4, 0.5) is 5.69 Å². The molecule has 2 N–H and O–H groups in total. The van der Waals surface area contributed by atoms with Gasteiger partial charge in [-0.2, -0.15) is 5.10 Å². The lowest BCUT2D eigenvalue weighted by molar-refractivity contribution is 0.729. The zero-order valence-electron chi connectivity index (χ0n) is 11.5. The first kappa shape index (κ1) is 12.5. The molecular weight excluding hydrogens is 226 g/mol. The number of hydrogen-bond acceptors (Lipinski definition) is 4. The summed E-state index contributed by atoms with van der Waals surface area (Å²) in [6, 6.07) is 1.92. The highest BCUT2D eigenvalue weighted by Gasteiger charge is 2.13. The Labute approximate surface area is 107 Å². The SMILES string of the molecule is Cc1cc(-n2nc(C)c(N)c2C)nc(C(C)C)n1. The largest absolute Gasteiger partial charge is 0.396 e. The van der Waals surface area contributed by atoms with E-state index in [0.717, 1.165) is 34.4 Å². The van der Waals surface area contributed by atoms with Crippen LogP contribution in [0.2, 0.25) is 0 Å². The minimum atomic E-state index is 0.290. The molecule has 2 aromatic rings. The number of aryl methyl sites for hydroxylation is 2. The highest BCUT2D eigenvalue weighted by molar-refractivity contribution is 5.49. The summed E-state index contributed by atoms with van der Waals surface area (Å²) in [5.74, 6) is 1.90. The van der Waals surface area contributed by atoms with Crippen molar-refractivity contribution in [3.63, 3.8) is 0 Å². The predicted octanol–water partition coefficient (Wildman–Crippen LogP) is 2.29. The Morgan fingerprint density at radius 1 is 1.17 bits per heavy atom. The minimum Gasteiger partial charge on any atom is -0.396 e. The van der Waals surface area contributed by atoms with Gasteiger partial charge >= 0.3 is 0 Å². The van der Waals surface area contributed by atoms with Crippen molar-refractivity contribution in [3.05, 3.63) is 29.0 Å². The summed E-state index contributed by atoms with van der Waals surface area (Å²) in [6.45, 7) is 9.96. The lowest BCUT2D eigenvalue weighted by Gasteiger charge is -2.09. The maximum atomic E-state index is 5.95. The summed E-state index contributed by atoms with van der Waals surface area (Å²) in [4.78, 5) is 8.99. The lowest BCUT2D eigenvalue weighted by atomic mass is 10.2. The Bertz CT molecular complexity index is 583. The second-order valence-corrected chi connectivity index (χ2v) is 4.88. The molecular formula is C13H19N5. The number of aromatic nitrogens is 4. The summed E-state index contributed by atoms with van der Waals surface area (Å²) in [5, 5.41) is 4.42. The fourth-order valence-electron chi connectivity index (χ4n) is 1.82. The van der Waals surface area contributed by atoms with E-state index in [9.17, 15) is 0 Å². The molecule has 5 heteroatoms. The van der Waals surface area contributed by atoms with Gasteiger partial charge in [0.1, 0.15) is 5.82 Å². The predicted molar refractivity (Wildman–Crippen MR) is 71.9 cm³/mol. The van der Waals surface area contributed by atoms with Crippen LogP contribution in [0.1, 0.15) is 42.7 Å². The molecule has 2 aromatic heterocycles. The van der Waals surface area contributed by atoms with Crippen LogP contribution in [0.25, 0.3) is 5.82 Å². The third kappa shape index (κ3) is 2.08. The van der Waals surface area contributed by atoms with E-state index in [0.29, 0.717) is 0 Å². The van der Waals surface area contributed by atoms with Crippen molar-refractivity contribution in [2.75, 3.05) is 5.73 Å². The third-order valence-electron chi connectivity index (χ3n) is 2.94. The van der Waals surface area contributed by atoms with E-state index in [1.165, 1.54) is 0 Å². The molecule has 2 heterocycles. The topological polar surface area (TPSA) is 69.6 Å². The molecule has 0 aromatic carbocycles. The number of nitrogens with two attached hydrogens (primary N) is 1. The van der Waals surface area contributed by atoms with E-state index < -0.39 is 0 Å². The quantitative estimate of drug-likeness (QED) is 0.881. The molecule has 0 amide bonds. The monoisotopic (exact) mass is 245 g/mol. The molecule has 0 fully saturated rings. The van der Waals surface area contributed by atoms with Crippen LogP contribution in [-0.2, 0) is 0 Å². The average Bonchev–Trinajstić information content (AvgIpc) is 2.56. The Balaban J connectivity index is 2.60. The molecule has 0 aliphatic heterocycles. The van der Waals surface area contributed by atoms with E-state index in [4.69, 9.17) is 5.73 Å². The Morgan fingerprint density at radius 2 is 1.83 bits per heavy atom. The van der Waals surface area contributed by atoms with E-state index in [1.54, 1.807) is 4.68 Å². The first-order valence-corrected chi connectivity index (χ1v) is 6.07. The maximum Gasteiger partial charge on any atom is 0.157 e. The van der Waals surface area contributed by atoms with E-state index in [-0.39, 0.29) is 5.92 Å². The third-order valence-corrected chi connectivity index (χ3v) is 2.94. The van der Waals surface area contributed by atoms with Crippen molar-refractivity contribution in [3.8, 4) is 5.82 Å². The lowest BCUT2D eigenvalue weighted by Crippen LogP contribution is -2.08. The molecule has 0 atom stereocenters. The van der Waals surface area contributed by atoms with E-state index >= 15 is 0 Å². The van der Waals surface area contributed by atoms with Gasteiger partial charge in [0.15, 0.2) is 5.82 Å². The van der Waals surface area contributed by atoms with E-state index in [2.05, 4.69) is 28.9 Å². The van der Waals surface area contributed by atoms with Crippen molar-refractivity contribution in [1.82, 2.24) is 19.7 Å². The van der Waals surface area contributed by atoms with Crippen LogP contribution in [0, 0.1) is 20.8 Å². The zero-order chi connectivity index (χ0) is 13.4. The first-order valence-electron chi connectivity index (χ1n) is 6.07. The highest BCUT2D eigenvalue weighted by Crippen LogP contribution is 2.20. The molecule has 0 unspecified atom stereocenters. The van der Waals surface area contributed by atoms with Crippen molar-refractivity contribution in [2.24, 2.45) is 0 Å². The Morgan fingerprint density at radius 3 is 2.33 bits per heavy atom. The number of rotatable bonds is 2. The summed E-state index contributed by atoms with van der Waals surface area (Å²) >= 11 is 0. The normalized spacial score (nSPS) is 11.2. The molecule has 0 aliphatic rings. The summed E-state index contributed by atoms with van der Waals surface area (Å²) in [7, 11) is 0. The van der Waals surface area contributed by atoms with Gasteiger partial charge in [-0.05, 0) is 20.8 Å². The molecule has 0 aliphatic carbocycles. The average molecular weight is 245 g/mol. The molecule has 96 valence electrons. The van der Waals surface area contributed by atoms with Crippen LogP contribution in [-0.4, -0.2) is 19.7 Å². The number of nitrogens with zero attached hydrogens (tertiary/aromatic N) is 4. The van der Waals surface area contributed by atoms with Crippen LogP contribution >= 0.6 is 0 Å².